The van der Waals surface area contributed by atoms with Gasteiger partial charge in [0.2, 0.25) is 5.91 Å². The number of carbonyl (C=O) groups excluding carboxylic acids is 2. The first kappa shape index (κ1) is 17.5. The number of rotatable bonds is 8. The lowest BCUT2D eigenvalue weighted by Crippen LogP contribution is -2.38. The molecule has 1 aromatic heterocycles. The largest absolute Gasteiger partial charge is 0.497 e. The summed E-state index contributed by atoms with van der Waals surface area (Å²) in [5.41, 5.74) is 0.515. The Balaban J connectivity index is 2.05. The van der Waals surface area contributed by atoms with E-state index in [2.05, 4.69) is 15.0 Å². The molecule has 0 saturated carbocycles. The average Bonchev–Trinajstić information content (AvgIpc) is 3.11. The molecular weight excluding hydrogens is 310 g/mol. The van der Waals surface area contributed by atoms with Crippen molar-refractivity contribution in [2.75, 3.05) is 25.5 Å². The summed E-state index contributed by atoms with van der Waals surface area (Å²) in [7, 11) is 1.57. The first-order valence-electron chi connectivity index (χ1n) is 7.77. The lowest BCUT2D eigenvalue weighted by atomic mass is 10.1. The predicted octanol–water partition coefficient (Wildman–Crippen LogP) is 2.56. The summed E-state index contributed by atoms with van der Waals surface area (Å²) in [6, 6.07) is 8.37. The van der Waals surface area contributed by atoms with Crippen LogP contribution in [0.5, 0.6) is 5.75 Å². The highest BCUT2D eigenvalue weighted by atomic mass is 16.5. The molecule has 128 valence electrons. The van der Waals surface area contributed by atoms with Gasteiger partial charge in [0, 0.05) is 18.2 Å². The number of carbonyl (C=O) groups is 2. The van der Waals surface area contributed by atoms with Crippen molar-refractivity contribution < 1.29 is 18.8 Å². The van der Waals surface area contributed by atoms with Gasteiger partial charge in [0.05, 0.1) is 7.11 Å². The van der Waals surface area contributed by atoms with Crippen LogP contribution in [0.25, 0.3) is 0 Å². The van der Waals surface area contributed by atoms with Crippen molar-refractivity contribution in [1.82, 2.24) is 10.1 Å². The maximum Gasteiger partial charge on any atom is 0.254 e. The van der Waals surface area contributed by atoms with Crippen molar-refractivity contribution in [3.8, 4) is 5.75 Å². The molecule has 2 aromatic rings. The fourth-order valence-corrected chi connectivity index (χ4v) is 2.15. The number of nitrogens with one attached hydrogen (secondary N) is 1. The molecule has 0 unspecified atom stereocenters. The molecule has 0 radical (unpaired) electrons. The Hall–Kier alpha value is -2.83. The third-order valence-corrected chi connectivity index (χ3v) is 3.45. The predicted molar refractivity (Wildman–Crippen MR) is 88.9 cm³/mol. The molecule has 0 atom stereocenters. The fraction of sp³-hybridized carbons (Fsp3) is 0.353. The van der Waals surface area contributed by atoms with Gasteiger partial charge >= 0.3 is 0 Å². The monoisotopic (exact) mass is 331 g/mol. The Kier molecular flexibility index (Phi) is 6.36. The van der Waals surface area contributed by atoms with Crippen LogP contribution in [0.3, 0.4) is 0 Å². The molecule has 0 aliphatic heterocycles. The number of benzene rings is 1. The molecule has 2 amide bonds. The number of hydrogen-bond acceptors (Lipinski definition) is 5. The van der Waals surface area contributed by atoms with E-state index in [0.717, 1.165) is 12.8 Å². The Morgan fingerprint density at radius 3 is 2.58 bits per heavy atom. The van der Waals surface area contributed by atoms with Crippen LogP contribution in [0.2, 0.25) is 0 Å². The van der Waals surface area contributed by atoms with Crippen LogP contribution in [0, 0.1) is 0 Å². The van der Waals surface area contributed by atoms with Gasteiger partial charge in [-0.1, -0.05) is 18.5 Å². The van der Waals surface area contributed by atoms with Crippen LogP contribution >= 0.6 is 0 Å². The minimum Gasteiger partial charge on any atom is -0.497 e. The summed E-state index contributed by atoms with van der Waals surface area (Å²) in [5, 5.41) is 6.22. The van der Waals surface area contributed by atoms with Gasteiger partial charge in [0.15, 0.2) is 5.82 Å². The quantitative estimate of drug-likeness (QED) is 0.803. The summed E-state index contributed by atoms with van der Waals surface area (Å²) in [6.07, 6.45) is 3.11. The zero-order chi connectivity index (χ0) is 17.4. The molecule has 0 fully saturated rings. The highest BCUT2D eigenvalue weighted by Gasteiger charge is 2.19. The highest BCUT2D eigenvalue weighted by Crippen LogP contribution is 2.14. The molecule has 24 heavy (non-hydrogen) atoms. The summed E-state index contributed by atoms with van der Waals surface area (Å²) in [5.74, 6) is 0.492. The van der Waals surface area contributed by atoms with Crippen LogP contribution < -0.4 is 10.1 Å². The molecule has 0 aliphatic rings. The van der Waals surface area contributed by atoms with E-state index >= 15 is 0 Å². The van der Waals surface area contributed by atoms with Crippen molar-refractivity contribution >= 4 is 17.6 Å². The average molecular weight is 331 g/mol. The van der Waals surface area contributed by atoms with E-state index in [-0.39, 0.29) is 18.4 Å². The second kappa shape index (κ2) is 8.71. The van der Waals surface area contributed by atoms with Crippen molar-refractivity contribution in [3.63, 3.8) is 0 Å². The standard InChI is InChI=1S/C17H21N3O4/c1-3-4-10-20(12-16(21)18-15-9-11-24-19-15)17(22)13-5-7-14(23-2)8-6-13/h5-9,11H,3-4,10,12H2,1-2H3,(H,18,19,21). The van der Waals surface area contributed by atoms with Crippen molar-refractivity contribution in [3.05, 3.63) is 42.2 Å². The third-order valence-electron chi connectivity index (χ3n) is 3.45. The van der Waals surface area contributed by atoms with Crippen molar-refractivity contribution in [1.29, 1.82) is 0 Å². The Labute approximate surface area is 140 Å². The first-order valence-corrected chi connectivity index (χ1v) is 7.77. The molecular formula is C17H21N3O4. The Bertz CT molecular complexity index is 653. The minimum atomic E-state index is -0.318. The molecule has 2 rings (SSSR count). The molecule has 0 aliphatic carbocycles. The first-order chi connectivity index (χ1) is 11.6. The van der Waals surface area contributed by atoms with Gasteiger partial charge in [-0.15, -0.1) is 0 Å². The number of ether oxygens (including phenoxy) is 1. The van der Waals surface area contributed by atoms with E-state index < -0.39 is 0 Å². The summed E-state index contributed by atoms with van der Waals surface area (Å²) >= 11 is 0. The normalized spacial score (nSPS) is 10.2. The maximum absolute atomic E-state index is 12.7. The number of hydrogen-bond donors (Lipinski definition) is 1. The van der Waals surface area contributed by atoms with Gasteiger partial charge < -0.3 is 19.5 Å². The number of amides is 2. The second-order valence-electron chi connectivity index (χ2n) is 5.24. The molecule has 7 nitrogen and oxygen atoms in total. The SMILES string of the molecule is CCCCN(CC(=O)Nc1ccon1)C(=O)c1ccc(OC)cc1. The van der Waals surface area contributed by atoms with Gasteiger partial charge in [-0.05, 0) is 30.7 Å². The number of aromatic nitrogens is 1. The van der Waals surface area contributed by atoms with Crippen LogP contribution in [0.4, 0.5) is 5.82 Å². The molecule has 1 aromatic carbocycles. The minimum absolute atomic E-state index is 0.0439. The number of methoxy groups -OCH3 is 1. The van der Waals surface area contributed by atoms with E-state index in [1.807, 2.05) is 6.92 Å². The summed E-state index contributed by atoms with van der Waals surface area (Å²) < 4.78 is 9.76. The Morgan fingerprint density at radius 2 is 2.00 bits per heavy atom. The lowest BCUT2D eigenvalue weighted by Gasteiger charge is -2.22. The Morgan fingerprint density at radius 1 is 1.25 bits per heavy atom. The number of anilines is 1. The fourth-order valence-electron chi connectivity index (χ4n) is 2.15. The molecule has 0 spiro atoms. The van der Waals surface area contributed by atoms with Gasteiger partial charge in [0.25, 0.3) is 5.91 Å². The molecule has 1 N–H and O–H groups in total. The van der Waals surface area contributed by atoms with Gasteiger partial charge in [-0.2, -0.15) is 0 Å². The topological polar surface area (TPSA) is 84.7 Å². The van der Waals surface area contributed by atoms with E-state index in [1.165, 1.54) is 11.2 Å². The third kappa shape index (κ3) is 4.84. The lowest BCUT2D eigenvalue weighted by molar-refractivity contribution is -0.117. The van der Waals surface area contributed by atoms with Crippen molar-refractivity contribution in [2.24, 2.45) is 0 Å². The summed E-state index contributed by atoms with van der Waals surface area (Å²) in [4.78, 5) is 26.3. The van der Waals surface area contributed by atoms with E-state index in [0.29, 0.717) is 23.7 Å². The molecule has 7 heteroatoms. The molecule has 1 heterocycles. The van der Waals surface area contributed by atoms with E-state index in [1.54, 1.807) is 37.4 Å². The number of nitrogens with zero attached hydrogens (tertiary/aromatic N) is 2. The summed E-state index contributed by atoms with van der Waals surface area (Å²) in [6.45, 7) is 2.50. The van der Waals surface area contributed by atoms with Crippen LogP contribution in [-0.2, 0) is 4.79 Å². The maximum atomic E-state index is 12.7. The van der Waals surface area contributed by atoms with Gasteiger partial charge in [-0.3, -0.25) is 9.59 Å². The van der Waals surface area contributed by atoms with Gasteiger partial charge in [0.1, 0.15) is 18.6 Å². The molecule has 0 bridgehead atoms. The highest BCUT2D eigenvalue weighted by molar-refractivity contribution is 5.99. The zero-order valence-corrected chi connectivity index (χ0v) is 13.8. The number of unbranched alkanes of at least 4 members (excludes halogenated alkanes) is 1. The van der Waals surface area contributed by atoms with Crippen LogP contribution in [0.1, 0.15) is 30.1 Å². The molecule has 0 saturated heterocycles. The van der Waals surface area contributed by atoms with Gasteiger partial charge in [-0.25, -0.2) is 0 Å². The van der Waals surface area contributed by atoms with E-state index in [4.69, 9.17) is 4.74 Å². The smallest absolute Gasteiger partial charge is 0.254 e. The zero-order valence-electron chi connectivity index (χ0n) is 13.8. The van der Waals surface area contributed by atoms with Crippen LogP contribution in [0.15, 0.2) is 41.1 Å². The van der Waals surface area contributed by atoms with Crippen LogP contribution in [-0.4, -0.2) is 42.1 Å². The second-order valence-corrected chi connectivity index (χ2v) is 5.24. The van der Waals surface area contributed by atoms with Crippen molar-refractivity contribution in [2.45, 2.75) is 19.8 Å². The van der Waals surface area contributed by atoms with E-state index in [9.17, 15) is 9.59 Å².